The molecule has 2 aliphatic rings. The Balaban J connectivity index is 1.74. The van der Waals surface area contributed by atoms with E-state index in [-0.39, 0.29) is 12.0 Å². The standard InChI is InChI=1S/C15H14ClNO2S2/c16-11-5-3-10(4-6-11)8-13-14(18)17(15(20)21-13)9-12-2-1-7-19-12/h3-6,8,12H,1-2,7,9H2/b13-8-. The molecular formula is C15H14ClNO2S2. The summed E-state index contributed by atoms with van der Waals surface area (Å²) in [5, 5.41) is 0.679. The van der Waals surface area contributed by atoms with Gasteiger partial charge in [-0.05, 0) is 36.6 Å². The summed E-state index contributed by atoms with van der Waals surface area (Å²) in [6.07, 6.45) is 4.01. The normalized spacial score (nSPS) is 24.3. The van der Waals surface area contributed by atoms with Crippen LogP contribution in [0.1, 0.15) is 18.4 Å². The lowest BCUT2D eigenvalue weighted by Gasteiger charge is -2.18. The highest BCUT2D eigenvalue weighted by molar-refractivity contribution is 8.26. The Kier molecular flexibility index (Phi) is 4.64. The summed E-state index contributed by atoms with van der Waals surface area (Å²) in [5.41, 5.74) is 0.942. The predicted molar refractivity (Wildman–Crippen MR) is 90.3 cm³/mol. The van der Waals surface area contributed by atoms with Crippen LogP contribution in [0.5, 0.6) is 0 Å². The van der Waals surface area contributed by atoms with E-state index in [9.17, 15) is 4.79 Å². The number of rotatable bonds is 3. The fourth-order valence-corrected chi connectivity index (χ4v) is 3.76. The van der Waals surface area contributed by atoms with E-state index in [1.807, 2.05) is 18.2 Å². The number of carbonyl (C=O) groups excluding carboxylic acids is 1. The summed E-state index contributed by atoms with van der Waals surface area (Å²) >= 11 is 12.5. The highest BCUT2D eigenvalue weighted by atomic mass is 35.5. The van der Waals surface area contributed by atoms with Gasteiger partial charge in [-0.3, -0.25) is 9.69 Å². The van der Waals surface area contributed by atoms with E-state index in [1.165, 1.54) is 11.8 Å². The molecule has 110 valence electrons. The molecule has 0 saturated carbocycles. The topological polar surface area (TPSA) is 29.5 Å². The molecule has 21 heavy (non-hydrogen) atoms. The first-order valence-electron chi connectivity index (χ1n) is 6.76. The highest BCUT2D eigenvalue weighted by Crippen LogP contribution is 2.33. The molecule has 1 aromatic rings. The van der Waals surface area contributed by atoms with Gasteiger partial charge < -0.3 is 4.74 Å². The van der Waals surface area contributed by atoms with Gasteiger partial charge in [-0.1, -0.05) is 47.7 Å². The summed E-state index contributed by atoms with van der Waals surface area (Å²) in [5.74, 6) is -0.0320. The van der Waals surface area contributed by atoms with Crippen LogP contribution in [0.4, 0.5) is 0 Å². The minimum Gasteiger partial charge on any atom is -0.376 e. The quantitative estimate of drug-likeness (QED) is 0.620. The summed E-state index contributed by atoms with van der Waals surface area (Å²) < 4.78 is 6.19. The van der Waals surface area contributed by atoms with Crippen molar-refractivity contribution in [3.63, 3.8) is 0 Å². The Morgan fingerprint density at radius 3 is 2.86 bits per heavy atom. The number of thioether (sulfide) groups is 1. The van der Waals surface area contributed by atoms with Crippen LogP contribution in [-0.4, -0.2) is 34.4 Å². The van der Waals surface area contributed by atoms with Gasteiger partial charge in [-0.15, -0.1) is 0 Å². The van der Waals surface area contributed by atoms with Crippen molar-refractivity contribution in [3.8, 4) is 0 Å². The summed E-state index contributed by atoms with van der Waals surface area (Å²) in [4.78, 5) is 14.7. The molecule has 1 atom stereocenters. The van der Waals surface area contributed by atoms with Gasteiger partial charge in [-0.25, -0.2) is 0 Å². The molecule has 1 amide bonds. The van der Waals surface area contributed by atoms with E-state index in [2.05, 4.69) is 0 Å². The molecular weight excluding hydrogens is 326 g/mol. The van der Waals surface area contributed by atoms with Crippen LogP contribution in [0, 0.1) is 0 Å². The second-order valence-corrected chi connectivity index (χ2v) is 7.09. The van der Waals surface area contributed by atoms with E-state index in [0.29, 0.717) is 20.8 Å². The molecule has 3 rings (SSSR count). The average Bonchev–Trinajstić information content (AvgIpc) is 3.06. The molecule has 0 aromatic heterocycles. The maximum absolute atomic E-state index is 12.4. The summed E-state index contributed by atoms with van der Waals surface area (Å²) in [7, 11) is 0. The van der Waals surface area contributed by atoms with Crippen molar-refractivity contribution in [2.75, 3.05) is 13.2 Å². The Bertz CT molecular complexity index is 594. The Labute approximate surface area is 138 Å². The lowest BCUT2D eigenvalue weighted by atomic mass is 10.2. The first-order valence-corrected chi connectivity index (χ1v) is 8.36. The minimum absolute atomic E-state index is 0.0320. The van der Waals surface area contributed by atoms with E-state index in [4.69, 9.17) is 28.6 Å². The first kappa shape index (κ1) is 15.0. The highest BCUT2D eigenvalue weighted by Gasteiger charge is 2.34. The van der Waals surface area contributed by atoms with Crippen molar-refractivity contribution in [2.45, 2.75) is 18.9 Å². The number of hydrogen-bond donors (Lipinski definition) is 0. The number of hydrogen-bond acceptors (Lipinski definition) is 4. The largest absolute Gasteiger partial charge is 0.376 e. The summed E-state index contributed by atoms with van der Waals surface area (Å²) in [6.45, 7) is 1.34. The number of carbonyl (C=O) groups is 1. The monoisotopic (exact) mass is 339 g/mol. The van der Waals surface area contributed by atoms with Gasteiger partial charge >= 0.3 is 0 Å². The zero-order valence-corrected chi connectivity index (χ0v) is 13.6. The van der Waals surface area contributed by atoms with Crippen molar-refractivity contribution in [3.05, 3.63) is 39.8 Å². The second-order valence-electron chi connectivity index (χ2n) is 4.98. The smallest absolute Gasteiger partial charge is 0.266 e. The number of nitrogens with zero attached hydrogens (tertiary/aromatic N) is 1. The van der Waals surface area contributed by atoms with E-state index < -0.39 is 0 Å². The van der Waals surface area contributed by atoms with Crippen molar-refractivity contribution in [2.24, 2.45) is 0 Å². The van der Waals surface area contributed by atoms with Gasteiger partial charge in [-0.2, -0.15) is 0 Å². The van der Waals surface area contributed by atoms with Crippen LogP contribution >= 0.6 is 35.6 Å². The van der Waals surface area contributed by atoms with Crippen LogP contribution in [0.3, 0.4) is 0 Å². The van der Waals surface area contributed by atoms with Gasteiger partial charge in [0.15, 0.2) is 0 Å². The molecule has 0 aliphatic carbocycles. The molecule has 0 bridgehead atoms. The lowest BCUT2D eigenvalue weighted by molar-refractivity contribution is -0.123. The van der Waals surface area contributed by atoms with Gasteiger partial charge in [0.25, 0.3) is 5.91 Å². The predicted octanol–water partition coefficient (Wildman–Crippen LogP) is 3.72. The van der Waals surface area contributed by atoms with Crippen molar-refractivity contribution in [1.82, 2.24) is 4.90 Å². The van der Waals surface area contributed by atoms with Crippen LogP contribution in [0.2, 0.25) is 5.02 Å². The zero-order chi connectivity index (χ0) is 14.8. The zero-order valence-electron chi connectivity index (χ0n) is 11.3. The van der Waals surface area contributed by atoms with Crippen molar-refractivity contribution >= 4 is 51.9 Å². The molecule has 1 unspecified atom stereocenters. The van der Waals surface area contributed by atoms with Gasteiger partial charge in [0, 0.05) is 11.6 Å². The van der Waals surface area contributed by atoms with E-state index in [0.717, 1.165) is 25.0 Å². The molecule has 0 radical (unpaired) electrons. The fourth-order valence-electron chi connectivity index (χ4n) is 2.36. The molecule has 0 spiro atoms. The lowest BCUT2D eigenvalue weighted by Crippen LogP contribution is -2.35. The van der Waals surface area contributed by atoms with Crippen LogP contribution in [-0.2, 0) is 9.53 Å². The Morgan fingerprint density at radius 1 is 1.43 bits per heavy atom. The minimum atomic E-state index is -0.0320. The van der Waals surface area contributed by atoms with Crippen molar-refractivity contribution < 1.29 is 9.53 Å². The third-order valence-corrected chi connectivity index (χ3v) is 5.08. The number of amides is 1. The SMILES string of the molecule is O=C1/C(=C/c2ccc(Cl)cc2)SC(=S)N1CC1CCCO1. The number of halogens is 1. The maximum Gasteiger partial charge on any atom is 0.266 e. The first-order chi connectivity index (χ1) is 10.1. The van der Waals surface area contributed by atoms with Crippen LogP contribution in [0.25, 0.3) is 6.08 Å². The van der Waals surface area contributed by atoms with Crippen LogP contribution < -0.4 is 0 Å². The average molecular weight is 340 g/mol. The molecule has 1 aromatic carbocycles. The second kappa shape index (κ2) is 6.48. The number of ether oxygens (including phenoxy) is 1. The third-order valence-electron chi connectivity index (χ3n) is 3.45. The van der Waals surface area contributed by atoms with Crippen molar-refractivity contribution in [1.29, 1.82) is 0 Å². The molecule has 2 heterocycles. The number of thiocarbonyl (C=S) groups is 1. The molecule has 3 nitrogen and oxygen atoms in total. The van der Waals surface area contributed by atoms with Gasteiger partial charge in [0.05, 0.1) is 17.6 Å². The van der Waals surface area contributed by atoms with E-state index in [1.54, 1.807) is 17.0 Å². The van der Waals surface area contributed by atoms with Gasteiger partial charge in [0.1, 0.15) is 4.32 Å². The molecule has 2 aliphatic heterocycles. The molecule has 2 saturated heterocycles. The van der Waals surface area contributed by atoms with E-state index >= 15 is 0 Å². The summed E-state index contributed by atoms with van der Waals surface area (Å²) in [6, 6.07) is 7.38. The molecule has 6 heteroatoms. The maximum atomic E-state index is 12.4. The van der Waals surface area contributed by atoms with Gasteiger partial charge in [0.2, 0.25) is 0 Å². The molecule has 0 N–H and O–H groups in total. The number of benzene rings is 1. The third kappa shape index (κ3) is 3.48. The Morgan fingerprint density at radius 2 is 2.19 bits per heavy atom. The molecule has 2 fully saturated rings. The van der Waals surface area contributed by atoms with Crippen LogP contribution in [0.15, 0.2) is 29.2 Å². The Hall–Kier alpha value is -0.880. The fraction of sp³-hybridized carbons (Fsp3) is 0.333.